The minimum Gasteiger partial charge on any atom is -0.476 e. The third kappa shape index (κ3) is 1.63. The molecule has 1 aromatic carbocycles. The van der Waals surface area contributed by atoms with Gasteiger partial charge in [-0.3, -0.25) is 5.10 Å². The second-order valence-electron chi connectivity index (χ2n) is 3.65. The maximum atomic E-state index is 10.7. The third-order valence-electron chi connectivity index (χ3n) is 2.47. The maximum absolute atomic E-state index is 10.7. The number of hydrogen-bond donors (Lipinski definition) is 2. The van der Waals surface area contributed by atoms with E-state index in [1.807, 2.05) is 18.2 Å². The summed E-state index contributed by atoms with van der Waals surface area (Å²) >= 11 is 6.05. The monoisotopic (exact) mass is 262 g/mol. The summed E-state index contributed by atoms with van der Waals surface area (Å²) in [5.41, 5.74) is 0.681. The average molecular weight is 263 g/mol. The number of carbonyl (C=O) groups is 1. The van der Waals surface area contributed by atoms with Crippen molar-refractivity contribution in [3.05, 3.63) is 41.2 Å². The molecule has 0 aliphatic heterocycles. The predicted molar refractivity (Wildman–Crippen MR) is 64.7 cm³/mol. The van der Waals surface area contributed by atoms with Crippen molar-refractivity contribution in [1.29, 1.82) is 0 Å². The minimum atomic E-state index is -1.09. The summed E-state index contributed by atoms with van der Waals surface area (Å²) in [7, 11) is 0. The Labute approximate surface area is 106 Å². The molecule has 2 N–H and O–H groups in total. The normalized spacial score (nSPS) is 10.9. The Kier molecular flexibility index (Phi) is 2.31. The van der Waals surface area contributed by atoms with E-state index in [4.69, 9.17) is 16.7 Å². The van der Waals surface area contributed by atoms with Crippen LogP contribution >= 0.6 is 11.6 Å². The average Bonchev–Trinajstić information content (AvgIpc) is 2.87. The maximum Gasteiger partial charge on any atom is 0.356 e. The van der Waals surface area contributed by atoms with Crippen LogP contribution in [-0.2, 0) is 0 Å². The van der Waals surface area contributed by atoms with E-state index >= 15 is 0 Å². The summed E-state index contributed by atoms with van der Waals surface area (Å²) in [6, 6.07) is 7.24. The van der Waals surface area contributed by atoms with Crippen LogP contribution in [-0.4, -0.2) is 30.7 Å². The Morgan fingerprint density at radius 2 is 2.11 bits per heavy atom. The molecule has 7 heteroatoms. The number of nitrogens with zero attached hydrogens (tertiary/aromatic N) is 3. The molecule has 90 valence electrons. The zero-order chi connectivity index (χ0) is 12.7. The lowest BCUT2D eigenvalue weighted by Gasteiger charge is -1.98. The van der Waals surface area contributed by atoms with Gasteiger partial charge in [0.05, 0.1) is 11.2 Å². The third-order valence-corrected chi connectivity index (χ3v) is 2.80. The fourth-order valence-corrected chi connectivity index (χ4v) is 1.87. The van der Waals surface area contributed by atoms with E-state index in [0.717, 1.165) is 5.56 Å². The smallest absolute Gasteiger partial charge is 0.356 e. The van der Waals surface area contributed by atoms with Gasteiger partial charge in [-0.1, -0.05) is 23.7 Å². The first kappa shape index (κ1) is 10.8. The van der Waals surface area contributed by atoms with Gasteiger partial charge >= 0.3 is 5.97 Å². The van der Waals surface area contributed by atoms with E-state index in [9.17, 15) is 4.79 Å². The van der Waals surface area contributed by atoms with Gasteiger partial charge in [-0.2, -0.15) is 4.98 Å². The van der Waals surface area contributed by atoms with Crippen molar-refractivity contribution in [2.24, 2.45) is 0 Å². The summed E-state index contributed by atoms with van der Waals surface area (Å²) in [4.78, 5) is 18.8. The summed E-state index contributed by atoms with van der Waals surface area (Å²) in [6.45, 7) is 0. The topological polar surface area (TPSA) is 83.3 Å². The van der Waals surface area contributed by atoms with E-state index < -0.39 is 5.97 Å². The van der Waals surface area contributed by atoms with Gasteiger partial charge in [0.2, 0.25) is 0 Å². The van der Waals surface area contributed by atoms with Gasteiger partial charge in [-0.25, -0.2) is 14.3 Å². The van der Waals surface area contributed by atoms with Gasteiger partial charge in [0.15, 0.2) is 11.5 Å². The highest BCUT2D eigenvalue weighted by Gasteiger charge is 2.13. The second-order valence-corrected chi connectivity index (χ2v) is 4.06. The summed E-state index contributed by atoms with van der Waals surface area (Å²) < 4.78 is 1.45. The van der Waals surface area contributed by atoms with E-state index in [1.165, 1.54) is 10.7 Å². The first-order chi connectivity index (χ1) is 8.65. The molecule has 0 spiro atoms. The zero-order valence-corrected chi connectivity index (χ0v) is 9.72. The molecule has 3 rings (SSSR count). The fourth-order valence-electron chi connectivity index (χ4n) is 1.65. The van der Waals surface area contributed by atoms with Crippen LogP contribution in [0.15, 0.2) is 30.5 Å². The standard InChI is InChI=1S/C11H7ClN4O2/c12-7-4-2-1-3-6(7)9-14-11-13-8(10(17)18)5-16(11)15-9/h1-5H,(H,17,18)(H,13,14,15). The number of aromatic carboxylic acids is 1. The van der Waals surface area contributed by atoms with Crippen LogP contribution in [0.4, 0.5) is 0 Å². The van der Waals surface area contributed by atoms with Gasteiger partial charge in [-0.15, -0.1) is 0 Å². The number of carboxylic acid groups (broad SMARTS) is 1. The van der Waals surface area contributed by atoms with Crippen molar-refractivity contribution < 1.29 is 9.90 Å². The Bertz CT molecular complexity index is 715. The molecule has 3 aromatic rings. The molecule has 0 aliphatic rings. The number of H-pyrrole nitrogens is 1. The summed E-state index contributed by atoms with van der Waals surface area (Å²) in [5, 5.41) is 12.3. The second kappa shape index (κ2) is 3.85. The molecular weight excluding hydrogens is 256 g/mol. The Morgan fingerprint density at radius 3 is 2.78 bits per heavy atom. The van der Waals surface area contributed by atoms with Gasteiger partial charge in [0, 0.05) is 5.56 Å². The molecule has 0 amide bonds. The highest BCUT2D eigenvalue weighted by Crippen LogP contribution is 2.24. The Morgan fingerprint density at radius 1 is 1.33 bits per heavy atom. The molecule has 0 fully saturated rings. The van der Waals surface area contributed by atoms with E-state index in [1.54, 1.807) is 6.07 Å². The van der Waals surface area contributed by atoms with Crippen LogP contribution in [0.2, 0.25) is 5.02 Å². The fraction of sp³-hybridized carbons (Fsp3) is 0. The largest absolute Gasteiger partial charge is 0.476 e. The molecule has 0 bridgehead atoms. The van der Waals surface area contributed by atoms with Crippen molar-refractivity contribution >= 4 is 23.3 Å². The summed E-state index contributed by atoms with van der Waals surface area (Å²) in [6.07, 6.45) is 1.37. The Hall–Kier alpha value is -2.34. The molecule has 0 unspecified atom stereocenters. The number of aromatic amines is 1. The van der Waals surface area contributed by atoms with Crippen molar-refractivity contribution in [2.75, 3.05) is 0 Å². The van der Waals surface area contributed by atoms with Crippen LogP contribution in [0.3, 0.4) is 0 Å². The SMILES string of the molecule is O=C(O)c1cn2[nH]c(-c3ccccc3Cl)nc2n1. The van der Waals surface area contributed by atoms with Crippen molar-refractivity contribution in [3.63, 3.8) is 0 Å². The number of benzene rings is 1. The van der Waals surface area contributed by atoms with Gasteiger partial charge in [-0.05, 0) is 12.1 Å². The molecule has 18 heavy (non-hydrogen) atoms. The first-order valence-electron chi connectivity index (χ1n) is 5.08. The molecular formula is C11H7ClN4O2. The molecule has 0 saturated carbocycles. The number of imidazole rings is 1. The number of aromatic nitrogens is 4. The molecule has 0 saturated heterocycles. The zero-order valence-electron chi connectivity index (χ0n) is 8.96. The van der Waals surface area contributed by atoms with Crippen molar-refractivity contribution in [1.82, 2.24) is 19.6 Å². The number of halogens is 1. The van der Waals surface area contributed by atoms with Gasteiger partial charge < -0.3 is 5.11 Å². The van der Waals surface area contributed by atoms with Crippen molar-refractivity contribution in [3.8, 4) is 11.4 Å². The van der Waals surface area contributed by atoms with Crippen LogP contribution in [0.1, 0.15) is 10.5 Å². The minimum absolute atomic E-state index is 0.0561. The van der Waals surface area contributed by atoms with Crippen LogP contribution in [0.25, 0.3) is 17.2 Å². The number of nitrogens with one attached hydrogen (secondary N) is 1. The highest BCUT2D eigenvalue weighted by molar-refractivity contribution is 6.33. The van der Waals surface area contributed by atoms with Crippen molar-refractivity contribution in [2.45, 2.75) is 0 Å². The Balaban J connectivity index is 2.12. The lowest BCUT2D eigenvalue weighted by atomic mass is 10.2. The number of rotatable bonds is 2. The van der Waals surface area contributed by atoms with Gasteiger partial charge in [0.1, 0.15) is 0 Å². The number of fused-ring (bicyclic) bond motifs is 1. The number of hydrogen-bond acceptors (Lipinski definition) is 3. The molecule has 2 heterocycles. The number of carboxylic acids is 1. The van der Waals surface area contributed by atoms with Crippen LogP contribution in [0.5, 0.6) is 0 Å². The van der Waals surface area contributed by atoms with E-state index in [-0.39, 0.29) is 5.69 Å². The molecule has 0 radical (unpaired) electrons. The molecule has 0 aliphatic carbocycles. The summed E-state index contributed by atoms with van der Waals surface area (Å²) in [5.74, 6) is -0.254. The van der Waals surface area contributed by atoms with E-state index in [0.29, 0.717) is 16.6 Å². The predicted octanol–water partition coefficient (Wildman–Crippen LogP) is 2.08. The molecule has 6 nitrogen and oxygen atoms in total. The van der Waals surface area contributed by atoms with Crippen LogP contribution in [0, 0.1) is 0 Å². The van der Waals surface area contributed by atoms with Gasteiger partial charge in [0.25, 0.3) is 5.78 Å². The molecule has 0 atom stereocenters. The highest BCUT2D eigenvalue weighted by atomic mass is 35.5. The lowest BCUT2D eigenvalue weighted by Crippen LogP contribution is -1.96. The van der Waals surface area contributed by atoms with Crippen LogP contribution < -0.4 is 0 Å². The molecule has 2 aromatic heterocycles. The lowest BCUT2D eigenvalue weighted by molar-refractivity contribution is 0.0691. The first-order valence-corrected chi connectivity index (χ1v) is 5.46. The quantitative estimate of drug-likeness (QED) is 0.741. The van der Waals surface area contributed by atoms with E-state index in [2.05, 4.69) is 15.1 Å².